The van der Waals surface area contributed by atoms with Gasteiger partial charge < -0.3 is 18.9 Å². The summed E-state index contributed by atoms with van der Waals surface area (Å²) in [7, 11) is 0. The molecule has 0 fully saturated rings. The zero-order valence-corrected chi connectivity index (χ0v) is 26.5. The van der Waals surface area contributed by atoms with Crippen LogP contribution >= 0.6 is 0 Å². The minimum Gasteiger partial charge on any atom is -0.463 e. The zero-order valence-electron chi connectivity index (χ0n) is 26.5. The lowest BCUT2D eigenvalue weighted by molar-refractivity contribution is -0.145. The van der Waals surface area contributed by atoms with Crippen LogP contribution in [0.1, 0.15) is 168 Å². The summed E-state index contributed by atoms with van der Waals surface area (Å²) in [6.07, 6.45) is 31.1. The Bertz CT molecular complexity index is 457. The highest BCUT2D eigenvalue weighted by Crippen LogP contribution is 2.13. The summed E-state index contributed by atoms with van der Waals surface area (Å²) in [5.41, 5.74) is 0. The van der Waals surface area contributed by atoms with E-state index in [9.17, 15) is 4.79 Å². The summed E-state index contributed by atoms with van der Waals surface area (Å²) < 4.78 is 21.9. The first-order chi connectivity index (χ1) is 19.3. The highest BCUT2D eigenvalue weighted by atomic mass is 16.6. The first kappa shape index (κ1) is 38.4. The van der Waals surface area contributed by atoms with Crippen molar-refractivity contribution in [3.8, 4) is 0 Å². The normalized spacial score (nSPS) is 11.3. The summed E-state index contributed by atoms with van der Waals surface area (Å²) in [5, 5.41) is 0. The molecule has 0 saturated carbocycles. The number of carbonyl (C=O) groups excluding carboxylic acids is 1. The van der Waals surface area contributed by atoms with Gasteiger partial charge in [-0.15, -0.1) is 0 Å². The highest BCUT2D eigenvalue weighted by Gasteiger charge is 2.03. The van der Waals surface area contributed by atoms with Crippen LogP contribution in [-0.4, -0.2) is 52.2 Å². The number of hydrogen-bond donors (Lipinski definition) is 0. The fraction of sp³-hybridized carbons (Fsp3) is 0.971. The van der Waals surface area contributed by atoms with Crippen molar-refractivity contribution >= 4 is 5.97 Å². The summed E-state index contributed by atoms with van der Waals surface area (Å²) in [5.74, 6) is -0.0996. The van der Waals surface area contributed by atoms with Gasteiger partial charge in [-0.2, -0.15) is 0 Å². The van der Waals surface area contributed by atoms with Gasteiger partial charge >= 0.3 is 5.97 Å². The monoisotopic (exact) mass is 557 g/mol. The summed E-state index contributed by atoms with van der Waals surface area (Å²) in [6.45, 7) is 8.47. The molecule has 0 saturated heterocycles. The number of carbonyl (C=O) groups is 1. The summed E-state index contributed by atoms with van der Waals surface area (Å²) >= 11 is 0. The standard InChI is InChI=1S/C34H68O5/c1-3-5-7-9-11-13-15-16-17-18-20-22-24-26-34(35)39-33-32-38-31-30-37-29-28-36-27-25-23-21-19-14-12-10-8-6-4-2/h3-33H2,1-2H3. The first-order valence-corrected chi connectivity index (χ1v) is 17.2. The summed E-state index contributed by atoms with van der Waals surface area (Å²) in [4.78, 5) is 11.8. The van der Waals surface area contributed by atoms with E-state index in [2.05, 4.69) is 13.8 Å². The maximum atomic E-state index is 11.8. The molecule has 5 nitrogen and oxygen atoms in total. The van der Waals surface area contributed by atoms with Crippen LogP contribution in [0.2, 0.25) is 0 Å². The average molecular weight is 557 g/mol. The van der Waals surface area contributed by atoms with Crippen molar-refractivity contribution in [2.75, 3.05) is 46.2 Å². The maximum Gasteiger partial charge on any atom is 0.305 e. The molecule has 0 aliphatic heterocycles. The predicted octanol–water partition coefficient (Wildman–Crippen LogP) is 9.98. The van der Waals surface area contributed by atoms with Gasteiger partial charge in [0.15, 0.2) is 0 Å². The fourth-order valence-electron chi connectivity index (χ4n) is 4.81. The largest absolute Gasteiger partial charge is 0.463 e. The molecular formula is C34H68O5. The third-order valence-electron chi connectivity index (χ3n) is 7.36. The van der Waals surface area contributed by atoms with E-state index in [1.807, 2.05) is 0 Å². The van der Waals surface area contributed by atoms with Gasteiger partial charge in [0.05, 0.1) is 33.0 Å². The van der Waals surface area contributed by atoms with Crippen molar-refractivity contribution in [2.24, 2.45) is 0 Å². The molecule has 0 aliphatic rings. The van der Waals surface area contributed by atoms with E-state index in [4.69, 9.17) is 18.9 Å². The third-order valence-corrected chi connectivity index (χ3v) is 7.36. The molecular weight excluding hydrogens is 488 g/mol. The molecule has 0 rings (SSSR count). The van der Waals surface area contributed by atoms with E-state index in [1.54, 1.807) is 0 Å². The number of unbranched alkanes of at least 4 members (excludes halogenated alkanes) is 21. The first-order valence-electron chi connectivity index (χ1n) is 17.2. The van der Waals surface area contributed by atoms with Crippen molar-refractivity contribution in [2.45, 2.75) is 168 Å². The van der Waals surface area contributed by atoms with Crippen LogP contribution in [0.5, 0.6) is 0 Å². The minimum atomic E-state index is -0.0996. The molecule has 0 aromatic rings. The van der Waals surface area contributed by atoms with Crippen LogP contribution in [-0.2, 0) is 23.7 Å². The van der Waals surface area contributed by atoms with Crippen LogP contribution in [0.3, 0.4) is 0 Å². The molecule has 39 heavy (non-hydrogen) atoms. The molecule has 0 N–H and O–H groups in total. The van der Waals surface area contributed by atoms with Crippen molar-refractivity contribution in [3.63, 3.8) is 0 Å². The lowest BCUT2D eigenvalue weighted by Gasteiger charge is -2.08. The molecule has 0 atom stereocenters. The van der Waals surface area contributed by atoms with Crippen LogP contribution < -0.4 is 0 Å². The number of ether oxygens (including phenoxy) is 4. The second kappa shape index (κ2) is 35.4. The van der Waals surface area contributed by atoms with Crippen molar-refractivity contribution in [1.82, 2.24) is 0 Å². The molecule has 0 aromatic carbocycles. The van der Waals surface area contributed by atoms with E-state index in [-0.39, 0.29) is 5.97 Å². The van der Waals surface area contributed by atoms with Crippen LogP contribution in [0.15, 0.2) is 0 Å². The molecule has 0 unspecified atom stereocenters. The maximum absolute atomic E-state index is 11.8. The number of esters is 1. The Morgan fingerprint density at radius 1 is 0.359 bits per heavy atom. The van der Waals surface area contributed by atoms with Gasteiger partial charge in [-0.1, -0.05) is 149 Å². The lowest BCUT2D eigenvalue weighted by atomic mass is 10.0. The van der Waals surface area contributed by atoms with Gasteiger partial charge in [0.1, 0.15) is 6.61 Å². The molecule has 0 heterocycles. The van der Waals surface area contributed by atoms with Crippen molar-refractivity contribution in [1.29, 1.82) is 0 Å². The number of hydrogen-bond acceptors (Lipinski definition) is 5. The van der Waals surface area contributed by atoms with Crippen molar-refractivity contribution in [3.05, 3.63) is 0 Å². The SMILES string of the molecule is CCCCCCCCCCCCCCCC(=O)OCCOCCOCCOCCCCCCCCCCCC. The van der Waals surface area contributed by atoms with Gasteiger partial charge in [0, 0.05) is 13.0 Å². The van der Waals surface area contributed by atoms with Crippen molar-refractivity contribution < 1.29 is 23.7 Å². The van der Waals surface area contributed by atoms with Gasteiger partial charge in [-0.3, -0.25) is 4.79 Å². The van der Waals surface area contributed by atoms with E-state index in [0.717, 1.165) is 25.9 Å². The van der Waals surface area contributed by atoms with E-state index >= 15 is 0 Å². The molecule has 0 aromatic heterocycles. The topological polar surface area (TPSA) is 54.0 Å². The summed E-state index contributed by atoms with van der Waals surface area (Å²) in [6, 6.07) is 0. The molecule has 0 bridgehead atoms. The molecule has 0 radical (unpaired) electrons. The molecule has 0 aliphatic carbocycles. The van der Waals surface area contributed by atoms with E-state index in [1.165, 1.54) is 128 Å². The number of rotatable bonds is 34. The average Bonchev–Trinajstić information content (AvgIpc) is 2.94. The predicted molar refractivity (Wildman–Crippen MR) is 166 cm³/mol. The quantitative estimate of drug-likeness (QED) is 0.0583. The third kappa shape index (κ3) is 35.3. The van der Waals surface area contributed by atoms with Gasteiger partial charge in [0.25, 0.3) is 0 Å². The fourth-order valence-corrected chi connectivity index (χ4v) is 4.81. The Labute approximate surface area is 243 Å². The molecule has 0 spiro atoms. The Kier molecular flexibility index (Phi) is 34.8. The smallest absolute Gasteiger partial charge is 0.305 e. The van der Waals surface area contributed by atoms with Crippen LogP contribution in [0.25, 0.3) is 0 Å². The second-order valence-corrected chi connectivity index (χ2v) is 11.2. The van der Waals surface area contributed by atoms with Gasteiger partial charge in [-0.25, -0.2) is 0 Å². The molecule has 0 amide bonds. The zero-order chi connectivity index (χ0) is 28.3. The van der Waals surface area contributed by atoms with Crippen LogP contribution in [0, 0.1) is 0 Å². The molecule has 5 heteroatoms. The Morgan fingerprint density at radius 3 is 1.08 bits per heavy atom. The Balaban J connectivity index is 3.13. The highest BCUT2D eigenvalue weighted by molar-refractivity contribution is 5.69. The Morgan fingerprint density at radius 2 is 0.667 bits per heavy atom. The van der Waals surface area contributed by atoms with Gasteiger partial charge in [-0.05, 0) is 12.8 Å². The van der Waals surface area contributed by atoms with E-state index < -0.39 is 0 Å². The Hall–Kier alpha value is -0.650. The lowest BCUT2D eigenvalue weighted by Crippen LogP contribution is -2.14. The molecule has 234 valence electrons. The minimum absolute atomic E-state index is 0.0996. The van der Waals surface area contributed by atoms with Crippen LogP contribution in [0.4, 0.5) is 0 Å². The van der Waals surface area contributed by atoms with E-state index in [0.29, 0.717) is 46.1 Å². The van der Waals surface area contributed by atoms with Gasteiger partial charge in [0.2, 0.25) is 0 Å². The second-order valence-electron chi connectivity index (χ2n) is 11.2.